The van der Waals surface area contributed by atoms with Crippen molar-refractivity contribution in [1.82, 2.24) is 4.90 Å². The van der Waals surface area contributed by atoms with Gasteiger partial charge in [-0.25, -0.2) is 0 Å². The molecule has 1 nitrogen and oxygen atoms in total. The van der Waals surface area contributed by atoms with Crippen molar-refractivity contribution in [2.75, 3.05) is 14.1 Å². The number of fused-ring (bicyclic) bond motifs is 6. The van der Waals surface area contributed by atoms with Gasteiger partial charge in [-0.1, -0.05) is 70.2 Å². The van der Waals surface area contributed by atoms with E-state index < -0.39 is 0 Å². The van der Waals surface area contributed by atoms with Gasteiger partial charge in [-0.05, 0) is 76.3 Å². The topological polar surface area (TPSA) is 3.24 Å². The van der Waals surface area contributed by atoms with E-state index in [0.29, 0.717) is 0 Å². The van der Waals surface area contributed by atoms with Crippen LogP contribution in [0, 0.1) is 0 Å². The van der Waals surface area contributed by atoms with Gasteiger partial charge in [0.25, 0.3) is 0 Å². The van der Waals surface area contributed by atoms with Crippen LogP contribution < -0.4 is 0 Å². The first-order chi connectivity index (χ1) is 13.2. The minimum Gasteiger partial charge on any atom is -0.305 e. The second kappa shape index (κ2) is 5.58. The van der Waals surface area contributed by atoms with Crippen LogP contribution in [0.25, 0.3) is 22.3 Å². The first-order valence-corrected chi connectivity index (χ1v) is 10.3. The van der Waals surface area contributed by atoms with E-state index in [1.54, 1.807) is 0 Å². The van der Waals surface area contributed by atoms with Crippen LogP contribution in [0.15, 0.2) is 54.6 Å². The van der Waals surface area contributed by atoms with Crippen LogP contribution in [0.4, 0.5) is 0 Å². The molecular weight excluding hydrogens is 338 g/mol. The van der Waals surface area contributed by atoms with E-state index in [1.807, 2.05) is 0 Å². The molecule has 0 fully saturated rings. The molecule has 3 aromatic carbocycles. The lowest BCUT2D eigenvalue weighted by molar-refractivity contribution is 0.403. The molecule has 142 valence electrons. The highest BCUT2D eigenvalue weighted by Crippen LogP contribution is 2.56. The molecule has 0 bridgehead atoms. The van der Waals surface area contributed by atoms with Crippen molar-refractivity contribution in [1.29, 1.82) is 0 Å². The third-order valence-electron chi connectivity index (χ3n) is 6.97. The van der Waals surface area contributed by atoms with E-state index in [4.69, 9.17) is 0 Å². The zero-order valence-electron chi connectivity index (χ0n) is 17.9. The number of hydrogen-bond donors (Lipinski definition) is 0. The molecule has 1 heteroatoms. The van der Waals surface area contributed by atoms with E-state index in [9.17, 15) is 0 Å². The highest BCUT2D eigenvalue weighted by Gasteiger charge is 2.41. The number of benzene rings is 3. The monoisotopic (exact) mass is 367 g/mol. The van der Waals surface area contributed by atoms with E-state index in [2.05, 4.69) is 101 Å². The highest BCUT2D eigenvalue weighted by molar-refractivity contribution is 5.90. The van der Waals surface area contributed by atoms with Crippen LogP contribution in [-0.2, 0) is 17.4 Å². The van der Waals surface area contributed by atoms with Gasteiger partial charge < -0.3 is 4.90 Å². The highest BCUT2D eigenvalue weighted by atomic mass is 15.0. The Morgan fingerprint density at radius 2 is 1.25 bits per heavy atom. The van der Waals surface area contributed by atoms with Crippen LogP contribution in [0.3, 0.4) is 0 Å². The smallest absolute Gasteiger partial charge is 0.0233 e. The first-order valence-electron chi connectivity index (χ1n) is 10.3. The molecule has 0 atom stereocenters. The van der Waals surface area contributed by atoms with Crippen LogP contribution in [-0.4, -0.2) is 19.0 Å². The Balaban J connectivity index is 1.82. The molecule has 0 radical (unpaired) electrons. The van der Waals surface area contributed by atoms with Gasteiger partial charge >= 0.3 is 0 Å². The molecule has 0 saturated carbocycles. The molecule has 3 aromatic rings. The molecule has 0 aliphatic heterocycles. The summed E-state index contributed by atoms with van der Waals surface area (Å²) >= 11 is 0. The minimum atomic E-state index is 0.0314. The number of nitrogens with zero attached hydrogens (tertiary/aromatic N) is 1. The lowest BCUT2D eigenvalue weighted by Crippen LogP contribution is -2.17. The summed E-state index contributed by atoms with van der Waals surface area (Å²) in [6, 6.07) is 20.8. The predicted molar refractivity (Wildman–Crippen MR) is 119 cm³/mol. The minimum absolute atomic E-state index is 0.0314. The molecule has 5 rings (SSSR count). The van der Waals surface area contributed by atoms with E-state index in [0.717, 1.165) is 6.54 Å². The van der Waals surface area contributed by atoms with Gasteiger partial charge in [0.15, 0.2) is 0 Å². The summed E-state index contributed by atoms with van der Waals surface area (Å²) in [7, 11) is 4.31. The molecule has 0 heterocycles. The molecule has 0 unspecified atom stereocenters. The number of hydrogen-bond acceptors (Lipinski definition) is 1. The molecule has 2 aliphatic rings. The fourth-order valence-electron chi connectivity index (χ4n) is 5.53. The summed E-state index contributed by atoms with van der Waals surface area (Å²) in [5.41, 5.74) is 13.1. The van der Waals surface area contributed by atoms with E-state index >= 15 is 0 Å². The standard InChI is InChI=1S/C27H29N/c1-26(2)21-12-8-7-11-18(21)19-14-24-20(15-23(19)26)25-17(16-28(5)6)10-9-13-22(25)27(24,3)4/h7-15H,16H2,1-6H3. The number of rotatable bonds is 2. The van der Waals surface area contributed by atoms with Crippen molar-refractivity contribution in [2.24, 2.45) is 0 Å². The third kappa shape index (κ3) is 2.17. The Morgan fingerprint density at radius 3 is 2.00 bits per heavy atom. The Labute approximate surface area is 169 Å². The summed E-state index contributed by atoms with van der Waals surface area (Å²) < 4.78 is 0. The fraction of sp³-hybridized carbons (Fsp3) is 0.333. The third-order valence-corrected chi connectivity index (χ3v) is 6.97. The van der Waals surface area contributed by atoms with Gasteiger partial charge in [-0.2, -0.15) is 0 Å². The molecule has 0 amide bonds. The van der Waals surface area contributed by atoms with Gasteiger partial charge in [0, 0.05) is 17.4 Å². The lowest BCUT2D eigenvalue weighted by Gasteiger charge is -2.24. The van der Waals surface area contributed by atoms with Crippen molar-refractivity contribution in [3.63, 3.8) is 0 Å². The molecule has 0 aromatic heterocycles. The largest absolute Gasteiger partial charge is 0.305 e. The average molecular weight is 368 g/mol. The normalized spacial score (nSPS) is 17.2. The van der Waals surface area contributed by atoms with Crippen molar-refractivity contribution >= 4 is 0 Å². The predicted octanol–water partition coefficient (Wildman–Crippen LogP) is 6.36. The van der Waals surface area contributed by atoms with Gasteiger partial charge in [0.2, 0.25) is 0 Å². The van der Waals surface area contributed by atoms with E-state index in [1.165, 1.54) is 50.1 Å². The lowest BCUT2D eigenvalue weighted by atomic mass is 9.79. The molecule has 2 aliphatic carbocycles. The molecule has 0 saturated heterocycles. The second-order valence-corrected chi connectivity index (χ2v) is 9.82. The van der Waals surface area contributed by atoms with Crippen LogP contribution >= 0.6 is 0 Å². The van der Waals surface area contributed by atoms with Gasteiger partial charge in [-0.3, -0.25) is 0 Å². The fourth-order valence-corrected chi connectivity index (χ4v) is 5.53. The summed E-state index contributed by atoms with van der Waals surface area (Å²) in [5.74, 6) is 0. The summed E-state index contributed by atoms with van der Waals surface area (Å²) in [6.07, 6.45) is 0. The van der Waals surface area contributed by atoms with Crippen molar-refractivity contribution < 1.29 is 0 Å². The zero-order valence-corrected chi connectivity index (χ0v) is 17.9. The molecule has 0 spiro atoms. The van der Waals surface area contributed by atoms with Crippen LogP contribution in [0.2, 0.25) is 0 Å². The van der Waals surface area contributed by atoms with Gasteiger partial charge in [-0.15, -0.1) is 0 Å². The SMILES string of the molecule is CN(C)Cc1cccc2c1-c1cc3c(cc1C2(C)C)-c1ccccc1C3(C)C. The molecule has 0 N–H and O–H groups in total. The van der Waals surface area contributed by atoms with E-state index in [-0.39, 0.29) is 10.8 Å². The maximum absolute atomic E-state index is 2.51. The van der Waals surface area contributed by atoms with Gasteiger partial charge in [0.1, 0.15) is 0 Å². The average Bonchev–Trinajstić information content (AvgIpc) is 3.01. The first kappa shape index (κ1) is 17.7. The quantitative estimate of drug-likeness (QED) is 0.509. The molecule has 28 heavy (non-hydrogen) atoms. The van der Waals surface area contributed by atoms with Crippen molar-refractivity contribution in [2.45, 2.75) is 45.1 Å². The Morgan fingerprint density at radius 1 is 0.643 bits per heavy atom. The second-order valence-electron chi connectivity index (χ2n) is 9.82. The Bertz CT molecular complexity index is 1120. The van der Waals surface area contributed by atoms with Crippen LogP contribution in [0.1, 0.15) is 55.5 Å². The maximum Gasteiger partial charge on any atom is 0.0233 e. The van der Waals surface area contributed by atoms with Crippen molar-refractivity contribution in [3.8, 4) is 22.3 Å². The Kier molecular flexibility index (Phi) is 3.53. The van der Waals surface area contributed by atoms with Crippen molar-refractivity contribution in [3.05, 3.63) is 82.4 Å². The summed E-state index contributed by atoms with van der Waals surface area (Å²) in [4.78, 5) is 2.27. The Hall–Kier alpha value is -2.38. The summed E-state index contributed by atoms with van der Waals surface area (Å²) in [6.45, 7) is 10.5. The van der Waals surface area contributed by atoms with Crippen LogP contribution in [0.5, 0.6) is 0 Å². The zero-order chi connectivity index (χ0) is 19.8. The maximum atomic E-state index is 2.51. The summed E-state index contributed by atoms with van der Waals surface area (Å²) in [5, 5.41) is 0. The molecular formula is C27H29N. The van der Waals surface area contributed by atoms with Gasteiger partial charge in [0.05, 0.1) is 0 Å².